The van der Waals surface area contributed by atoms with Gasteiger partial charge >= 0.3 is 0 Å². The monoisotopic (exact) mass is 187 g/mol. The van der Waals surface area contributed by atoms with E-state index in [0.29, 0.717) is 12.0 Å². The Balaban J connectivity index is 3.75. The van der Waals surface area contributed by atoms with Crippen molar-refractivity contribution in [2.24, 2.45) is 5.92 Å². The van der Waals surface area contributed by atoms with Crippen LogP contribution in [0.5, 0.6) is 0 Å². The van der Waals surface area contributed by atoms with Gasteiger partial charge in [-0.2, -0.15) is 0 Å². The summed E-state index contributed by atoms with van der Waals surface area (Å²) in [6.07, 6.45) is 2.33. The number of methoxy groups -OCH3 is 1. The average molecular weight is 187 g/mol. The van der Waals surface area contributed by atoms with E-state index in [2.05, 4.69) is 33.0 Å². The van der Waals surface area contributed by atoms with Gasteiger partial charge in [-0.3, -0.25) is 0 Å². The van der Waals surface area contributed by atoms with Gasteiger partial charge in [-0.15, -0.1) is 0 Å². The molecule has 0 aliphatic rings. The van der Waals surface area contributed by atoms with E-state index in [4.69, 9.17) is 4.74 Å². The molecule has 0 fully saturated rings. The van der Waals surface area contributed by atoms with Crippen molar-refractivity contribution in [3.8, 4) is 0 Å². The van der Waals surface area contributed by atoms with E-state index in [1.54, 1.807) is 7.11 Å². The Morgan fingerprint density at radius 1 is 1.31 bits per heavy atom. The summed E-state index contributed by atoms with van der Waals surface area (Å²) < 4.78 is 5.38. The third-order valence-corrected chi connectivity index (χ3v) is 3.06. The lowest BCUT2D eigenvalue weighted by Gasteiger charge is -2.26. The zero-order chi connectivity index (χ0) is 10.5. The Morgan fingerprint density at radius 3 is 2.23 bits per heavy atom. The van der Waals surface area contributed by atoms with Gasteiger partial charge in [0.2, 0.25) is 0 Å². The summed E-state index contributed by atoms with van der Waals surface area (Å²) in [6, 6.07) is 0.590. The predicted molar refractivity (Wildman–Crippen MR) is 58.0 cm³/mol. The van der Waals surface area contributed by atoms with Crippen molar-refractivity contribution in [1.29, 1.82) is 0 Å². The SMILES string of the molecule is CNC(C)C(C)CCC(C)(C)OC. The number of rotatable bonds is 6. The Kier molecular flexibility index (Phi) is 5.57. The van der Waals surface area contributed by atoms with Crippen LogP contribution in [0.15, 0.2) is 0 Å². The molecule has 0 radical (unpaired) electrons. The zero-order valence-electron chi connectivity index (χ0n) is 9.98. The highest BCUT2D eigenvalue weighted by Gasteiger charge is 2.19. The lowest BCUT2D eigenvalue weighted by Crippen LogP contribution is -2.31. The number of nitrogens with one attached hydrogen (secondary N) is 1. The van der Waals surface area contributed by atoms with E-state index in [1.807, 2.05) is 7.05 Å². The molecule has 0 aromatic carbocycles. The fourth-order valence-corrected chi connectivity index (χ4v) is 1.21. The number of ether oxygens (including phenoxy) is 1. The molecular weight excluding hydrogens is 162 g/mol. The molecule has 0 aliphatic heterocycles. The van der Waals surface area contributed by atoms with Gasteiger partial charge in [0, 0.05) is 13.2 Å². The predicted octanol–water partition coefficient (Wildman–Crippen LogP) is 2.44. The van der Waals surface area contributed by atoms with Gasteiger partial charge in [0.25, 0.3) is 0 Å². The fraction of sp³-hybridized carbons (Fsp3) is 1.00. The van der Waals surface area contributed by atoms with Crippen LogP contribution in [0.2, 0.25) is 0 Å². The van der Waals surface area contributed by atoms with Crippen LogP contribution in [0.1, 0.15) is 40.5 Å². The van der Waals surface area contributed by atoms with Gasteiger partial charge < -0.3 is 10.1 Å². The van der Waals surface area contributed by atoms with Crippen LogP contribution >= 0.6 is 0 Å². The lowest BCUT2D eigenvalue weighted by molar-refractivity contribution is 0.00999. The summed E-state index contributed by atoms with van der Waals surface area (Å²) in [7, 11) is 3.80. The first-order chi connectivity index (χ1) is 5.93. The second-order valence-electron chi connectivity index (χ2n) is 4.56. The van der Waals surface area contributed by atoms with Crippen molar-refractivity contribution in [3.63, 3.8) is 0 Å². The van der Waals surface area contributed by atoms with Crippen molar-refractivity contribution in [2.45, 2.75) is 52.2 Å². The molecule has 0 aromatic heterocycles. The summed E-state index contributed by atoms with van der Waals surface area (Å²) in [5.74, 6) is 0.708. The van der Waals surface area contributed by atoms with Gasteiger partial charge in [-0.25, -0.2) is 0 Å². The molecule has 13 heavy (non-hydrogen) atoms. The standard InChI is InChI=1S/C11H25NO/c1-9(10(2)12-5)7-8-11(3,4)13-6/h9-10,12H,7-8H2,1-6H3. The van der Waals surface area contributed by atoms with Gasteiger partial charge in [0.05, 0.1) is 5.60 Å². The van der Waals surface area contributed by atoms with E-state index in [9.17, 15) is 0 Å². The fourth-order valence-electron chi connectivity index (χ4n) is 1.21. The summed E-state index contributed by atoms with van der Waals surface area (Å²) in [4.78, 5) is 0. The number of hydrogen-bond donors (Lipinski definition) is 1. The van der Waals surface area contributed by atoms with Gasteiger partial charge in [0.1, 0.15) is 0 Å². The Morgan fingerprint density at radius 2 is 1.85 bits per heavy atom. The molecule has 0 amide bonds. The first kappa shape index (κ1) is 12.9. The third kappa shape index (κ3) is 5.27. The molecule has 0 aromatic rings. The maximum Gasteiger partial charge on any atom is 0.0622 e. The Labute approximate surface area is 83.1 Å². The molecule has 0 rings (SSSR count). The van der Waals surface area contributed by atoms with Gasteiger partial charge in [0.15, 0.2) is 0 Å². The van der Waals surface area contributed by atoms with E-state index in [-0.39, 0.29) is 5.60 Å². The maximum atomic E-state index is 5.38. The molecule has 2 nitrogen and oxygen atoms in total. The highest BCUT2D eigenvalue weighted by molar-refractivity contribution is 4.73. The first-order valence-corrected chi connectivity index (χ1v) is 5.15. The molecule has 0 spiro atoms. The third-order valence-electron chi connectivity index (χ3n) is 3.06. The van der Waals surface area contributed by atoms with Crippen LogP contribution < -0.4 is 5.32 Å². The van der Waals surface area contributed by atoms with E-state index < -0.39 is 0 Å². The summed E-state index contributed by atoms with van der Waals surface area (Å²) in [5, 5.41) is 3.28. The van der Waals surface area contributed by atoms with Crippen molar-refractivity contribution < 1.29 is 4.74 Å². The molecule has 0 saturated carbocycles. The lowest BCUT2D eigenvalue weighted by atomic mass is 9.92. The van der Waals surface area contributed by atoms with Crippen LogP contribution in [-0.2, 0) is 4.74 Å². The summed E-state index contributed by atoms with van der Waals surface area (Å²) in [5.41, 5.74) is 0.0295. The van der Waals surface area contributed by atoms with Crippen molar-refractivity contribution >= 4 is 0 Å². The second-order valence-corrected chi connectivity index (χ2v) is 4.56. The minimum absolute atomic E-state index is 0.0295. The molecule has 2 atom stereocenters. The zero-order valence-corrected chi connectivity index (χ0v) is 9.98. The molecule has 0 saturated heterocycles. The van der Waals surface area contributed by atoms with Crippen molar-refractivity contribution in [1.82, 2.24) is 5.32 Å². The highest BCUT2D eigenvalue weighted by Crippen LogP contribution is 2.20. The van der Waals surface area contributed by atoms with E-state index in [1.165, 1.54) is 6.42 Å². The van der Waals surface area contributed by atoms with Gasteiger partial charge in [-0.05, 0) is 46.6 Å². The Hall–Kier alpha value is -0.0800. The molecule has 2 heteroatoms. The summed E-state index contributed by atoms with van der Waals surface area (Å²) in [6.45, 7) is 8.80. The van der Waals surface area contributed by atoms with E-state index >= 15 is 0 Å². The molecule has 1 N–H and O–H groups in total. The van der Waals surface area contributed by atoms with Crippen LogP contribution in [0.3, 0.4) is 0 Å². The molecule has 0 bridgehead atoms. The van der Waals surface area contributed by atoms with Crippen LogP contribution in [-0.4, -0.2) is 25.8 Å². The first-order valence-electron chi connectivity index (χ1n) is 5.15. The quantitative estimate of drug-likeness (QED) is 0.689. The molecule has 0 heterocycles. The smallest absolute Gasteiger partial charge is 0.0622 e. The second kappa shape index (κ2) is 5.61. The largest absolute Gasteiger partial charge is 0.379 e. The topological polar surface area (TPSA) is 21.3 Å². The average Bonchev–Trinajstić information content (AvgIpc) is 2.13. The highest BCUT2D eigenvalue weighted by atomic mass is 16.5. The molecule has 80 valence electrons. The minimum atomic E-state index is 0.0295. The summed E-state index contributed by atoms with van der Waals surface area (Å²) >= 11 is 0. The Bertz CT molecular complexity index is 134. The van der Waals surface area contributed by atoms with Crippen LogP contribution in [0.4, 0.5) is 0 Å². The molecule has 2 unspecified atom stereocenters. The normalized spacial score (nSPS) is 17.1. The molecule has 0 aliphatic carbocycles. The van der Waals surface area contributed by atoms with Crippen LogP contribution in [0.25, 0.3) is 0 Å². The van der Waals surface area contributed by atoms with Crippen LogP contribution in [0, 0.1) is 5.92 Å². The molecular formula is C11H25NO. The maximum absolute atomic E-state index is 5.38. The van der Waals surface area contributed by atoms with E-state index in [0.717, 1.165) is 6.42 Å². The van der Waals surface area contributed by atoms with Crippen molar-refractivity contribution in [3.05, 3.63) is 0 Å². The minimum Gasteiger partial charge on any atom is -0.379 e. The van der Waals surface area contributed by atoms with Crippen molar-refractivity contribution in [2.75, 3.05) is 14.2 Å². The van der Waals surface area contributed by atoms with Gasteiger partial charge in [-0.1, -0.05) is 6.92 Å². The number of hydrogen-bond acceptors (Lipinski definition) is 2.